The van der Waals surface area contributed by atoms with Gasteiger partial charge in [-0.05, 0) is 25.0 Å². The van der Waals surface area contributed by atoms with E-state index in [0.717, 1.165) is 0 Å². The molecule has 4 atom stereocenters. The molecule has 3 heterocycles. The van der Waals surface area contributed by atoms with Crippen molar-refractivity contribution in [2.24, 2.45) is 0 Å². The van der Waals surface area contributed by atoms with E-state index in [1.807, 2.05) is 23.1 Å². The van der Waals surface area contributed by atoms with Crippen molar-refractivity contribution in [3.8, 4) is 0 Å². The third kappa shape index (κ3) is 5.00. The number of carbonyl (C=O) groups is 2. The minimum Gasteiger partial charge on any atom is -0.389 e. The first kappa shape index (κ1) is 21.2. The van der Waals surface area contributed by atoms with Gasteiger partial charge in [-0.2, -0.15) is 0 Å². The van der Waals surface area contributed by atoms with Gasteiger partial charge in [0.15, 0.2) is 0 Å². The summed E-state index contributed by atoms with van der Waals surface area (Å²) in [5, 5.41) is 10.3. The molecule has 2 amide bonds. The highest BCUT2D eigenvalue weighted by atomic mass is 16.5. The molecule has 3 aliphatic rings. The summed E-state index contributed by atoms with van der Waals surface area (Å²) in [4.78, 5) is 29.3. The Kier molecular flexibility index (Phi) is 6.99. The Morgan fingerprint density at radius 3 is 2.57 bits per heavy atom. The fraction of sp³-hybridized carbons (Fsp3) is 0.636. The summed E-state index contributed by atoms with van der Waals surface area (Å²) in [5.41, 5.74) is 0.592. The number of aliphatic hydroxyl groups excluding tert-OH is 1. The summed E-state index contributed by atoms with van der Waals surface area (Å²) in [6, 6.07) is 8.91. The van der Waals surface area contributed by atoms with E-state index in [9.17, 15) is 14.7 Å². The molecular weight excluding hydrogens is 388 g/mol. The Labute approximate surface area is 176 Å². The SMILES string of the molecule is O=C(C[C@@H]1CC[C@H]2[C@@H](COC[C@H](O)CN2C(=O)c2ccccc2)O1)N1CCOCC1. The van der Waals surface area contributed by atoms with Gasteiger partial charge in [-0.1, -0.05) is 18.2 Å². The molecule has 1 aromatic rings. The van der Waals surface area contributed by atoms with Crippen LogP contribution in [0, 0.1) is 0 Å². The van der Waals surface area contributed by atoms with Gasteiger partial charge in [0.25, 0.3) is 5.91 Å². The summed E-state index contributed by atoms with van der Waals surface area (Å²) < 4.78 is 17.2. The van der Waals surface area contributed by atoms with Gasteiger partial charge in [-0.15, -0.1) is 0 Å². The second-order valence-corrected chi connectivity index (χ2v) is 8.15. The molecule has 0 bridgehead atoms. The van der Waals surface area contributed by atoms with Crippen LogP contribution in [0.4, 0.5) is 0 Å². The molecule has 3 fully saturated rings. The Balaban J connectivity index is 1.43. The normalized spacial score (nSPS) is 30.2. The molecule has 3 aliphatic heterocycles. The Bertz CT molecular complexity index is 724. The van der Waals surface area contributed by atoms with Crippen LogP contribution < -0.4 is 0 Å². The first-order valence-corrected chi connectivity index (χ1v) is 10.7. The van der Waals surface area contributed by atoms with E-state index in [-0.39, 0.29) is 43.2 Å². The standard InChI is InChI=1S/C22H30N2O6/c25-17-13-24(22(27)16-4-2-1-3-5-16)19-7-6-18(30-20(19)15-29-14-17)12-21(26)23-8-10-28-11-9-23/h1-5,17-20,25H,6-15H2/t17-,18+,19+,20-/m1/s1. The van der Waals surface area contributed by atoms with Gasteiger partial charge in [0.2, 0.25) is 5.91 Å². The van der Waals surface area contributed by atoms with Crippen LogP contribution in [0.15, 0.2) is 30.3 Å². The smallest absolute Gasteiger partial charge is 0.254 e. The van der Waals surface area contributed by atoms with Crippen molar-refractivity contribution in [2.45, 2.75) is 43.6 Å². The highest BCUT2D eigenvalue weighted by Crippen LogP contribution is 2.29. The van der Waals surface area contributed by atoms with E-state index in [0.29, 0.717) is 57.7 Å². The zero-order valence-electron chi connectivity index (χ0n) is 17.2. The molecule has 3 saturated heterocycles. The van der Waals surface area contributed by atoms with Crippen LogP contribution in [0.2, 0.25) is 0 Å². The quantitative estimate of drug-likeness (QED) is 0.777. The molecular formula is C22H30N2O6. The van der Waals surface area contributed by atoms with Crippen LogP contribution in [0.1, 0.15) is 29.6 Å². The minimum atomic E-state index is -0.737. The molecule has 1 N–H and O–H groups in total. The highest BCUT2D eigenvalue weighted by molar-refractivity contribution is 5.94. The third-order valence-electron chi connectivity index (χ3n) is 6.03. The number of morpholine rings is 1. The van der Waals surface area contributed by atoms with Gasteiger partial charge < -0.3 is 29.1 Å². The lowest BCUT2D eigenvalue weighted by molar-refractivity contribution is -0.156. The first-order chi connectivity index (χ1) is 14.6. The largest absolute Gasteiger partial charge is 0.389 e. The van der Waals surface area contributed by atoms with E-state index in [2.05, 4.69) is 0 Å². The number of carbonyl (C=O) groups excluding carboxylic acids is 2. The van der Waals surface area contributed by atoms with Crippen LogP contribution in [0.25, 0.3) is 0 Å². The second kappa shape index (κ2) is 9.87. The van der Waals surface area contributed by atoms with Crippen molar-refractivity contribution in [2.75, 3.05) is 46.1 Å². The number of aliphatic hydroxyl groups is 1. The molecule has 0 spiro atoms. The van der Waals surface area contributed by atoms with Crippen molar-refractivity contribution in [3.05, 3.63) is 35.9 Å². The molecule has 0 saturated carbocycles. The van der Waals surface area contributed by atoms with E-state index in [1.54, 1.807) is 17.0 Å². The average molecular weight is 418 g/mol. The third-order valence-corrected chi connectivity index (χ3v) is 6.03. The average Bonchev–Trinajstić information content (AvgIpc) is 2.77. The lowest BCUT2D eigenvalue weighted by atomic mass is 9.94. The number of hydrogen-bond acceptors (Lipinski definition) is 6. The van der Waals surface area contributed by atoms with E-state index in [1.165, 1.54) is 0 Å². The van der Waals surface area contributed by atoms with Crippen molar-refractivity contribution >= 4 is 11.8 Å². The summed E-state index contributed by atoms with van der Waals surface area (Å²) in [5.74, 6) is -0.0286. The van der Waals surface area contributed by atoms with Crippen LogP contribution in [-0.4, -0.2) is 97.1 Å². The zero-order valence-corrected chi connectivity index (χ0v) is 17.2. The van der Waals surface area contributed by atoms with E-state index >= 15 is 0 Å². The monoisotopic (exact) mass is 418 g/mol. The number of fused-ring (bicyclic) bond motifs is 1. The Morgan fingerprint density at radius 1 is 1.03 bits per heavy atom. The molecule has 164 valence electrons. The molecule has 0 aliphatic carbocycles. The van der Waals surface area contributed by atoms with Gasteiger partial charge in [-0.3, -0.25) is 9.59 Å². The van der Waals surface area contributed by atoms with Crippen LogP contribution in [0.3, 0.4) is 0 Å². The lowest BCUT2D eigenvalue weighted by Gasteiger charge is -2.44. The minimum absolute atomic E-state index is 0.0844. The van der Waals surface area contributed by atoms with E-state index in [4.69, 9.17) is 14.2 Å². The first-order valence-electron chi connectivity index (χ1n) is 10.7. The molecule has 8 heteroatoms. The van der Waals surface area contributed by atoms with Crippen molar-refractivity contribution in [1.29, 1.82) is 0 Å². The van der Waals surface area contributed by atoms with Gasteiger partial charge in [-0.25, -0.2) is 0 Å². The maximum absolute atomic E-state index is 13.2. The number of nitrogens with zero attached hydrogens (tertiary/aromatic N) is 2. The maximum atomic E-state index is 13.2. The number of hydrogen-bond donors (Lipinski definition) is 1. The van der Waals surface area contributed by atoms with Crippen molar-refractivity contribution < 1.29 is 28.9 Å². The predicted molar refractivity (Wildman–Crippen MR) is 108 cm³/mol. The Morgan fingerprint density at radius 2 is 1.80 bits per heavy atom. The van der Waals surface area contributed by atoms with Crippen LogP contribution in [-0.2, 0) is 19.0 Å². The van der Waals surface area contributed by atoms with Gasteiger partial charge >= 0.3 is 0 Å². The zero-order chi connectivity index (χ0) is 20.9. The maximum Gasteiger partial charge on any atom is 0.254 e. The van der Waals surface area contributed by atoms with Crippen molar-refractivity contribution in [1.82, 2.24) is 9.80 Å². The number of β-amino-alcohol motifs (C(OH)–C–C–N with tert-alkyl or cyclic N) is 1. The molecule has 1 aromatic carbocycles. The van der Waals surface area contributed by atoms with Gasteiger partial charge in [0.1, 0.15) is 6.10 Å². The molecule has 0 unspecified atom stereocenters. The lowest BCUT2D eigenvalue weighted by Crippen LogP contribution is -2.57. The summed E-state index contributed by atoms with van der Waals surface area (Å²) in [7, 11) is 0. The highest BCUT2D eigenvalue weighted by Gasteiger charge is 2.40. The fourth-order valence-electron chi connectivity index (χ4n) is 4.46. The predicted octanol–water partition coefficient (Wildman–Crippen LogP) is 0.685. The number of benzene rings is 1. The van der Waals surface area contributed by atoms with E-state index < -0.39 is 6.10 Å². The van der Waals surface area contributed by atoms with Crippen molar-refractivity contribution in [3.63, 3.8) is 0 Å². The molecule has 8 nitrogen and oxygen atoms in total. The topological polar surface area (TPSA) is 88.5 Å². The number of amides is 2. The fourth-order valence-corrected chi connectivity index (χ4v) is 4.46. The molecule has 0 radical (unpaired) electrons. The summed E-state index contributed by atoms with van der Waals surface area (Å²) in [6.45, 7) is 3.06. The molecule has 4 rings (SSSR count). The number of rotatable bonds is 3. The van der Waals surface area contributed by atoms with Gasteiger partial charge in [0, 0.05) is 25.2 Å². The molecule has 0 aromatic heterocycles. The van der Waals surface area contributed by atoms with Crippen LogP contribution >= 0.6 is 0 Å². The molecule has 30 heavy (non-hydrogen) atoms. The number of ether oxygens (including phenoxy) is 3. The Hall–Kier alpha value is -2.00. The summed E-state index contributed by atoms with van der Waals surface area (Å²) >= 11 is 0. The second-order valence-electron chi connectivity index (χ2n) is 8.15. The van der Waals surface area contributed by atoms with Gasteiger partial charge in [0.05, 0.1) is 51.1 Å². The summed E-state index contributed by atoms with van der Waals surface area (Å²) in [6.07, 6.45) is 0.481. The van der Waals surface area contributed by atoms with Crippen LogP contribution in [0.5, 0.6) is 0 Å².